The maximum Gasteiger partial charge on any atom is 0.407 e. The number of nitrogens with one attached hydrogen (secondary N) is 2. The van der Waals surface area contributed by atoms with Gasteiger partial charge in [-0.05, 0) is 39.5 Å². The molecule has 0 aromatic carbocycles. The van der Waals surface area contributed by atoms with Crippen LogP contribution in [0, 0.1) is 5.92 Å². The molecule has 1 aliphatic heterocycles. The van der Waals surface area contributed by atoms with Crippen molar-refractivity contribution in [2.75, 3.05) is 6.54 Å². The maximum atomic E-state index is 11.6. The average Bonchev–Trinajstić information content (AvgIpc) is 2.66. The predicted molar refractivity (Wildman–Crippen MR) is 62.3 cm³/mol. The van der Waals surface area contributed by atoms with E-state index < -0.39 is 5.60 Å². The van der Waals surface area contributed by atoms with Gasteiger partial charge in [-0.2, -0.15) is 0 Å². The van der Waals surface area contributed by atoms with Crippen LogP contribution in [-0.4, -0.2) is 30.3 Å². The van der Waals surface area contributed by atoms with E-state index in [-0.39, 0.29) is 12.1 Å². The minimum atomic E-state index is -0.412. The highest BCUT2D eigenvalue weighted by Gasteiger charge is 2.39. The summed E-state index contributed by atoms with van der Waals surface area (Å²) in [6, 6.07) is 0.863. The second-order valence-electron chi connectivity index (χ2n) is 5.86. The molecule has 2 rings (SSSR count). The Labute approximate surface area is 97.1 Å². The Morgan fingerprint density at radius 2 is 2.12 bits per heavy atom. The summed E-state index contributed by atoms with van der Waals surface area (Å²) in [5.74, 6) is 0.604. The third kappa shape index (κ3) is 2.67. The van der Waals surface area contributed by atoms with Crippen LogP contribution < -0.4 is 10.6 Å². The van der Waals surface area contributed by atoms with Gasteiger partial charge in [0.2, 0.25) is 0 Å². The van der Waals surface area contributed by atoms with Crippen molar-refractivity contribution in [2.24, 2.45) is 5.92 Å². The fourth-order valence-electron chi connectivity index (χ4n) is 2.77. The summed E-state index contributed by atoms with van der Waals surface area (Å²) >= 11 is 0. The van der Waals surface area contributed by atoms with Crippen LogP contribution in [0.1, 0.15) is 40.0 Å². The van der Waals surface area contributed by atoms with Gasteiger partial charge in [0.05, 0.1) is 0 Å². The summed E-state index contributed by atoms with van der Waals surface area (Å²) in [5, 5.41) is 6.45. The van der Waals surface area contributed by atoms with E-state index in [2.05, 4.69) is 10.6 Å². The average molecular weight is 226 g/mol. The number of carbonyl (C=O) groups is 1. The summed E-state index contributed by atoms with van der Waals surface area (Å²) in [4.78, 5) is 11.6. The second kappa shape index (κ2) is 4.24. The summed E-state index contributed by atoms with van der Waals surface area (Å²) in [6.07, 6.45) is 3.45. The minimum Gasteiger partial charge on any atom is -0.444 e. The highest BCUT2D eigenvalue weighted by atomic mass is 16.6. The first-order valence-electron chi connectivity index (χ1n) is 6.18. The molecular formula is C12H22N2O2. The molecule has 0 bridgehead atoms. The molecule has 1 heterocycles. The SMILES string of the molecule is CC(C)(C)OC(=O)NC1CNC2CCCC21. The Balaban J connectivity index is 1.83. The van der Waals surface area contributed by atoms with Crippen molar-refractivity contribution in [1.82, 2.24) is 10.6 Å². The number of hydrogen-bond acceptors (Lipinski definition) is 3. The van der Waals surface area contributed by atoms with Crippen LogP contribution in [0.15, 0.2) is 0 Å². The number of rotatable bonds is 1. The minimum absolute atomic E-state index is 0.252. The van der Waals surface area contributed by atoms with Crippen molar-refractivity contribution >= 4 is 6.09 Å². The van der Waals surface area contributed by atoms with Gasteiger partial charge in [-0.3, -0.25) is 0 Å². The van der Waals surface area contributed by atoms with E-state index in [0.717, 1.165) is 6.54 Å². The molecule has 16 heavy (non-hydrogen) atoms. The smallest absolute Gasteiger partial charge is 0.407 e. The van der Waals surface area contributed by atoms with Gasteiger partial charge in [0.15, 0.2) is 0 Å². The third-order valence-electron chi connectivity index (χ3n) is 3.39. The molecule has 3 unspecified atom stereocenters. The van der Waals surface area contributed by atoms with Gasteiger partial charge in [-0.15, -0.1) is 0 Å². The standard InChI is InChI=1S/C12H22N2O2/c1-12(2,3)16-11(15)14-10-7-13-9-6-4-5-8(9)10/h8-10,13H,4-7H2,1-3H3,(H,14,15). The number of amides is 1. The monoisotopic (exact) mass is 226 g/mol. The van der Waals surface area contributed by atoms with Crippen LogP contribution in [0.2, 0.25) is 0 Å². The molecule has 2 N–H and O–H groups in total. The fourth-order valence-corrected chi connectivity index (χ4v) is 2.77. The lowest BCUT2D eigenvalue weighted by Crippen LogP contribution is -2.43. The predicted octanol–water partition coefficient (Wildman–Crippen LogP) is 1.65. The van der Waals surface area contributed by atoms with E-state index >= 15 is 0 Å². The highest BCUT2D eigenvalue weighted by Crippen LogP contribution is 2.32. The molecule has 0 spiro atoms. The molecule has 2 aliphatic rings. The van der Waals surface area contributed by atoms with Gasteiger partial charge >= 0.3 is 6.09 Å². The number of ether oxygens (including phenoxy) is 1. The molecule has 92 valence electrons. The van der Waals surface area contributed by atoms with Crippen molar-refractivity contribution in [3.8, 4) is 0 Å². The lowest BCUT2D eigenvalue weighted by atomic mass is 10.00. The summed E-state index contributed by atoms with van der Waals surface area (Å²) in [5.41, 5.74) is -0.412. The molecule has 0 aromatic heterocycles. The zero-order valence-corrected chi connectivity index (χ0v) is 10.4. The summed E-state index contributed by atoms with van der Waals surface area (Å²) < 4.78 is 5.27. The summed E-state index contributed by atoms with van der Waals surface area (Å²) in [7, 11) is 0. The molecule has 1 saturated heterocycles. The van der Waals surface area contributed by atoms with Crippen molar-refractivity contribution in [1.29, 1.82) is 0 Å². The van der Waals surface area contributed by atoms with Gasteiger partial charge in [0.25, 0.3) is 0 Å². The van der Waals surface area contributed by atoms with Gasteiger partial charge in [-0.25, -0.2) is 4.79 Å². The van der Waals surface area contributed by atoms with Gasteiger partial charge in [0, 0.05) is 18.6 Å². The summed E-state index contributed by atoms with van der Waals surface area (Å²) in [6.45, 7) is 6.54. The number of alkyl carbamates (subject to hydrolysis) is 1. The second-order valence-corrected chi connectivity index (χ2v) is 5.86. The molecule has 4 nitrogen and oxygen atoms in total. The Morgan fingerprint density at radius 3 is 2.81 bits per heavy atom. The zero-order valence-electron chi connectivity index (χ0n) is 10.4. The normalized spacial score (nSPS) is 33.6. The highest BCUT2D eigenvalue weighted by molar-refractivity contribution is 5.68. The first-order valence-corrected chi connectivity index (χ1v) is 6.18. The van der Waals surface area contributed by atoms with E-state index in [1.807, 2.05) is 20.8 Å². The molecule has 1 saturated carbocycles. The molecular weight excluding hydrogens is 204 g/mol. The lowest BCUT2D eigenvalue weighted by Gasteiger charge is -2.23. The number of carbonyl (C=O) groups excluding carboxylic acids is 1. The van der Waals surface area contributed by atoms with Crippen LogP contribution in [-0.2, 0) is 4.74 Å². The van der Waals surface area contributed by atoms with Crippen molar-refractivity contribution < 1.29 is 9.53 Å². The Kier molecular flexibility index (Phi) is 3.10. The Morgan fingerprint density at radius 1 is 1.38 bits per heavy atom. The lowest BCUT2D eigenvalue weighted by molar-refractivity contribution is 0.0496. The van der Waals surface area contributed by atoms with Gasteiger partial charge < -0.3 is 15.4 Å². The Hall–Kier alpha value is -0.770. The molecule has 2 fully saturated rings. The molecule has 1 amide bonds. The van der Waals surface area contributed by atoms with Crippen LogP contribution in [0.5, 0.6) is 0 Å². The Bertz CT molecular complexity index is 273. The van der Waals surface area contributed by atoms with E-state index in [4.69, 9.17) is 4.74 Å². The third-order valence-corrected chi connectivity index (χ3v) is 3.39. The maximum absolute atomic E-state index is 11.6. The van der Waals surface area contributed by atoms with E-state index in [9.17, 15) is 4.79 Å². The van der Waals surface area contributed by atoms with Crippen LogP contribution in [0.4, 0.5) is 4.79 Å². The first-order chi connectivity index (χ1) is 7.46. The van der Waals surface area contributed by atoms with Crippen LogP contribution in [0.3, 0.4) is 0 Å². The quantitative estimate of drug-likeness (QED) is 0.715. The topological polar surface area (TPSA) is 50.4 Å². The van der Waals surface area contributed by atoms with Gasteiger partial charge in [0.1, 0.15) is 5.60 Å². The van der Waals surface area contributed by atoms with E-state index in [1.54, 1.807) is 0 Å². The molecule has 4 heteroatoms. The molecule has 0 radical (unpaired) electrons. The zero-order chi connectivity index (χ0) is 11.8. The van der Waals surface area contributed by atoms with Crippen molar-refractivity contribution in [2.45, 2.75) is 57.7 Å². The van der Waals surface area contributed by atoms with Crippen LogP contribution in [0.25, 0.3) is 0 Å². The molecule has 3 atom stereocenters. The number of hydrogen-bond donors (Lipinski definition) is 2. The number of fused-ring (bicyclic) bond motifs is 1. The fraction of sp³-hybridized carbons (Fsp3) is 0.917. The van der Waals surface area contributed by atoms with Crippen molar-refractivity contribution in [3.63, 3.8) is 0 Å². The van der Waals surface area contributed by atoms with Crippen molar-refractivity contribution in [3.05, 3.63) is 0 Å². The van der Waals surface area contributed by atoms with Gasteiger partial charge in [-0.1, -0.05) is 6.42 Å². The van der Waals surface area contributed by atoms with Crippen LogP contribution >= 0.6 is 0 Å². The van der Waals surface area contributed by atoms with E-state index in [1.165, 1.54) is 19.3 Å². The molecule has 0 aromatic rings. The van der Waals surface area contributed by atoms with E-state index in [0.29, 0.717) is 12.0 Å². The first kappa shape index (κ1) is 11.7. The molecule has 1 aliphatic carbocycles. The largest absolute Gasteiger partial charge is 0.444 e.